The molecule has 0 aromatic rings. The Bertz CT molecular complexity index is 345. The lowest BCUT2D eigenvalue weighted by molar-refractivity contribution is -0.177. The van der Waals surface area contributed by atoms with E-state index in [1.165, 1.54) is 31.3 Å². The van der Waals surface area contributed by atoms with Gasteiger partial charge in [0.2, 0.25) is 0 Å². The van der Waals surface area contributed by atoms with Crippen molar-refractivity contribution in [3.63, 3.8) is 0 Å². The summed E-state index contributed by atoms with van der Waals surface area (Å²) in [4.78, 5) is 0. The molecule has 0 aromatic carbocycles. The fraction of sp³-hybridized carbons (Fsp3) is 0.867. The van der Waals surface area contributed by atoms with Gasteiger partial charge in [0.05, 0.1) is 12.2 Å². The van der Waals surface area contributed by atoms with Crippen LogP contribution in [-0.4, -0.2) is 12.2 Å². The molecule has 5 atom stereocenters. The molecular formula is C15H24O. The zero-order valence-electron chi connectivity index (χ0n) is 11.0. The van der Waals surface area contributed by atoms with Crippen molar-refractivity contribution < 1.29 is 4.74 Å². The monoisotopic (exact) mass is 220 g/mol. The summed E-state index contributed by atoms with van der Waals surface area (Å²) < 4.78 is 6.36. The van der Waals surface area contributed by atoms with E-state index in [0.717, 1.165) is 5.92 Å². The highest BCUT2D eigenvalue weighted by Crippen LogP contribution is 2.64. The fourth-order valence-corrected chi connectivity index (χ4v) is 4.43. The van der Waals surface area contributed by atoms with Crippen LogP contribution in [0.3, 0.4) is 0 Å². The molecule has 2 bridgehead atoms. The van der Waals surface area contributed by atoms with E-state index >= 15 is 0 Å². The van der Waals surface area contributed by atoms with E-state index in [1.807, 2.05) is 0 Å². The van der Waals surface area contributed by atoms with Crippen LogP contribution in [0.25, 0.3) is 0 Å². The molecule has 0 aromatic heterocycles. The highest BCUT2D eigenvalue weighted by atomic mass is 16.5. The predicted octanol–water partition coefficient (Wildman–Crippen LogP) is 3.94. The van der Waals surface area contributed by atoms with Crippen molar-refractivity contribution in [3.8, 4) is 0 Å². The van der Waals surface area contributed by atoms with Gasteiger partial charge in [-0.25, -0.2) is 0 Å². The molecule has 2 fully saturated rings. The molecule has 16 heavy (non-hydrogen) atoms. The molecule has 3 aliphatic rings. The lowest BCUT2D eigenvalue weighted by Crippen LogP contribution is -2.55. The highest BCUT2D eigenvalue weighted by Gasteiger charge is 2.61. The lowest BCUT2D eigenvalue weighted by atomic mass is 9.53. The van der Waals surface area contributed by atoms with Crippen LogP contribution in [0.1, 0.15) is 53.4 Å². The Morgan fingerprint density at radius 3 is 2.75 bits per heavy atom. The zero-order chi connectivity index (χ0) is 11.6. The van der Waals surface area contributed by atoms with Gasteiger partial charge in [-0.05, 0) is 43.9 Å². The number of allylic oxidation sites excluding steroid dienone is 1. The standard InChI is InChI=1S/C15H24O/c1-10-5-7-15(4)13(9-10)16-12-6-8-14(15,3)11(12)2/h9,11-13H,5-8H2,1-4H3/t11-,12-,13-,14+,15+/m1/s1. The Kier molecular flexibility index (Phi) is 2.12. The van der Waals surface area contributed by atoms with Crippen LogP contribution in [-0.2, 0) is 4.74 Å². The van der Waals surface area contributed by atoms with E-state index in [-0.39, 0.29) is 0 Å². The third-order valence-electron chi connectivity index (χ3n) is 6.24. The fourth-order valence-electron chi connectivity index (χ4n) is 4.43. The Morgan fingerprint density at radius 1 is 1.25 bits per heavy atom. The number of hydrogen-bond donors (Lipinski definition) is 0. The van der Waals surface area contributed by atoms with Gasteiger partial charge >= 0.3 is 0 Å². The van der Waals surface area contributed by atoms with E-state index < -0.39 is 0 Å². The minimum atomic E-state index is 0.374. The van der Waals surface area contributed by atoms with Gasteiger partial charge in [0.25, 0.3) is 0 Å². The summed E-state index contributed by atoms with van der Waals surface area (Å²) in [6, 6.07) is 0. The highest BCUT2D eigenvalue weighted by molar-refractivity contribution is 5.20. The van der Waals surface area contributed by atoms with Gasteiger partial charge in [-0.2, -0.15) is 0 Å². The summed E-state index contributed by atoms with van der Waals surface area (Å²) in [6.07, 6.45) is 8.53. The second-order valence-electron chi connectivity index (χ2n) is 6.77. The molecule has 1 aliphatic heterocycles. The molecule has 0 amide bonds. The van der Waals surface area contributed by atoms with Gasteiger partial charge in [-0.15, -0.1) is 0 Å². The molecule has 1 saturated carbocycles. The number of fused-ring (bicyclic) bond motifs is 4. The normalized spacial score (nSPS) is 55.8. The van der Waals surface area contributed by atoms with Gasteiger partial charge in [0, 0.05) is 5.41 Å². The quantitative estimate of drug-likeness (QED) is 0.562. The third kappa shape index (κ3) is 1.11. The van der Waals surface area contributed by atoms with Crippen molar-refractivity contribution in [1.29, 1.82) is 0 Å². The van der Waals surface area contributed by atoms with Gasteiger partial charge in [-0.3, -0.25) is 0 Å². The van der Waals surface area contributed by atoms with Crippen molar-refractivity contribution >= 4 is 0 Å². The van der Waals surface area contributed by atoms with Crippen LogP contribution in [0, 0.1) is 16.7 Å². The molecule has 0 N–H and O–H groups in total. The van der Waals surface area contributed by atoms with Gasteiger partial charge < -0.3 is 4.74 Å². The van der Waals surface area contributed by atoms with Gasteiger partial charge in [0.1, 0.15) is 0 Å². The van der Waals surface area contributed by atoms with Crippen molar-refractivity contribution in [2.45, 2.75) is 65.6 Å². The first-order valence-corrected chi connectivity index (χ1v) is 6.80. The summed E-state index contributed by atoms with van der Waals surface area (Å²) in [6.45, 7) is 9.65. The van der Waals surface area contributed by atoms with E-state index in [2.05, 4.69) is 33.8 Å². The SMILES string of the molecule is CC1=C[C@H]2O[C@@H]3CC[C@@](C)([C@@H]3C)[C@@]2(C)CC1. The maximum atomic E-state index is 6.36. The molecular weight excluding hydrogens is 196 g/mol. The molecule has 1 heterocycles. The van der Waals surface area contributed by atoms with Crippen LogP contribution in [0.2, 0.25) is 0 Å². The summed E-state index contributed by atoms with van der Waals surface area (Å²) in [5, 5.41) is 0. The molecule has 0 spiro atoms. The number of ether oxygens (including phenoxy) is 1. The first-order valence-electron chi connectivity index (χ1n) is 6.80. The zero-order valence-corrected chi connectivity index (χ0v) is 11.0. The number of rotatable bonds is 0. The van der Waals surface area contributed by atoms with E-state index in [9.17, 15) is 0 Å². The minimum Gasteiger partial charge on any atom is -0.370 e. The molecule has 3 rings (SSSR count). The minimum absolute atomic E-state index is 0.374. The largest absolute Gasteiger partial charge is 0.370 e. The van der Waals surface area contributed by atoms with Crippen molar-refractivity contribution in [2.75, 3.05) is 0 Å². The maximum Gasteiger partial charge on any atom is 0.0821 e. The van der Waals surface area contributed by atoms with E-state index in [0.29, 0.717) is 23.0 Å². The van der Waals surface area contributed by atoms with E-state index in [1.54, 1.807) is 0 Å². The van der Waals surface area contributed by atoms with Crippen LogP contribution in [0.15, 0.2) is 11.6 Å². The second kappa shape index (κ2) is 3.13. The first kappa shape index (κ1) is 10.8. The van der Waals surface area contributed by atoms with E-state index in [4.69, 9.17) is 4.74 Å². The maximum absolute atomic E-state index is 6.36. The Balaban J connectivity index is 2.06. The van der Waals surface area contributed by atoms with Crippen molar-refractivity contribution in [3.05, 3.63) is 11.6 Å². The van der Waals surface area contributed by atoms with Crippen molar-refractivity contribution in [2.24, 2.45) is 16.7 Å². The Labute approximate surface area is 99.3 Å². The topological polar surface area (TPSA) is 9.23 Å². The molecule has 2 aliphatic carbocycles. The first-order chi connectivity index (χ1) is 7.47. The summed E-state index contributed by atoms with van der Waals surface area (Å²) >= 11 is 0. The average molecular weight is 220 g/mol. The molecule has 1 nitrogen and oxygen atoms in total. The summed E-state index contributed by atoms with van der Waals surface area (Å²) in [7, 11) is 0. The lowest BCUT2D eigenvalue weighted by Gasteiger charge is -2.56. The molecule has 1 saturated heterocycles. The molecule has 90 valence electrons. The van der Waals surface area contributed by atoms with Gasteiger partial charge in [0.15, 0.2) is 0 Å². The third-order valence-corrected chi connectivity index (χ3v) is 6.24. The Hall–Kier alpha value is -0.300. The smallest absolute Gasteiger partial charge is 0.0821 e. The van der Waals surface area contributed by atoms with Crippen LogP contribution >= 0.6 is 0 Å². The second-order valence-corrected chi connectivity index (χ2v) is 6.77. The number of hydrogen-bond acceptors (Lipinski definition) is 1. The molecule has 0 radical (unpaired) electrons. The molecule has 1 heteroatoms. The average Bonchev–Trinajstić information content (AvgIpc) is 2.46. The molecule has 0 unspecified atom stereocenters. The van der Waals surface area contributed by atoms with Crippen molar-refractivity contribution in [1.82, 2.24) is 0 Å². The van der Waals surface area contributed by atoms with Crippen LogP contribution in [0.4, 0.5) is 0 Å². The predicted molar refractivity (Wildman–Crippen MR) is 66.3 cm³/mol. The summed E-state index contributed by atoms with van der Waals surface area (Å²) in [5.41, 5.74) is 2.40. The van der Waals surface area contributed by atoms with Crippen LogP contribution in [0.5, 0.6) is 0 Å². The Morgan fingerprint density at radius 2 is 2.00 bits per heavy atom. The van der Waals surface area contributed by atoms with Crippen LogP contribution < -0.4 is 0 Å². The van der Waals surface area contributed by atoms with Gasteiger partial charge in [-0.1, -0.05) is 32.4 Å². The summed E-state index contributed by atoms with van der Waals surface area (Å²) in [5.74, 6) is 0.737.